The highest BCUT2D eigenvalue weighted by molar-refractivity contribution is 5.85. The van der Waals surface area contributed by atoms with E-state index >= 15 is 0 Å². The summed E-state index contributed by atoms with van der Waals surface area (Å²) in [5.41, 5.74) is -0.691. The summed E-state index contributed by atoms with van der Waals surface area (Å²) in [6.07, 6.45) is 0. The lowest BCUT2D eigenvalue weighted by Crippen LogP contribution is -2.53. The molecule has 0 fully saturated rings. The molecule has 21 heavy (non-hydrogen) atoms. The molecule has 0 aliphatic carbocycles. The zero-order chi connectivity index (χ0) is 16.2. The van der Waals surface area contributed by atoms with Gasteiger partial charge in [-0.05, 0) is 19.4 Å². The quantitative estimate of drug-likeness (QED) is 0.632. The van der Waals surface area contributed by atoms with E-state index in [1.165, 1.54) is 45.2 Å². The number of amides is 2. The van der Waals surface area contributed by atoms with E-state index < -0.39 is 22.5 Å². The molecular weight excluding hydrogens is 278 g/mol. The lowest BCUT2D eigenvalue weighted by Gasteiger charge is -2.31. The molecule has 0 spiro atoms. The standard InChI is InChI=1S/C13H17N3O5/c1-13(2,11(17)18)15(3)12(19)14-8-9-4-6-10(7-5-9)16(20)21/h4-7H,8H2,1-3H3,(H,14,19)(H,17,18). The lowest BCUT2D eigenvalue weighted by molar-refractivity contribution is -0.384. The van der Waals surface area contributed by atoms with Crippen molar-refractivity contribution in [3.63, 3.8) is 0 Å². The van der Waals surface area contributed by atoms with Crippen molar-refractivity contribution in [2.45, 2.75) is 25.9 Å². The number of carbonyl (C=O) groups is 2. The van der Waals surface area contributed by atoms with Crippen LogP contribution in [0.4, 0.5) is 10.5 Å². The van der Waals surface area contributed by atoms with Crippen LogP contribution in [-0.4, -0.2) is 39.5 Å². The fourth-order valence-electron chi connectivity index (χ4n) is 1.43. The predicted molar refractivity (Wildman–Crippen MR) is 74.8 cm³/mol. The van der Waals surface area contributed by atoms with Crippen LogP contribution >= 0.6 is 0 Å². The first kappa shape index (κ1) is 16.4. The number of rotatable bonds is 5. The highest BCUT2D eigenvalue weighted by Gasteiger charge is 2.35. The van der Waals surface area contributed by atoms with Gasteiger partial charge < -0.3 is 15.3 Å². The van der Waals surface area contributed by atoms with Gasteiger partial charge in [0, 0.05) is 25.7 Å². The fourth-order valence-corrected chi connectivity index (χ4v) is 1.43. The molecule has 0 aliphatic rings. The minimum absolute atomic E-state index is 0.0331. The Morgan fingerprint density at radius 2 is 1.86 bits per heavy atom. The Kier molecular flexibility index (Phi) is 4.85. The average molecular weight is 295 g/mol. The summed E-state index contributed by atoms with van der Waals surface area (Å²) in [7, 11) is 1.39. The van der Waals surface area contributed by atoms with E-state index in [-0.39, 0.29) is 12.2 Å². The van der Waals surface area contributed by atoms with Crippen molar-refractivity contribution in [2.75, 3.05) is 7.05 Å². The molecule has 0 unspecified atom stereocenters. The Balaban J connectivity index is 2.64. The van der Waals surface area contributed by atoms with Gasteiger partial charge in [-0.3, -0.25) is 10.1 Å². The number of carbonyl (C=O) groups excluding carboxylic acids is 1. The van der Waals surface area contributed by atoms with Crippen LogP contribution in [0.25, 0.3) is 0 Å². The van der Waals surface area contributed by atoms with Gasteiger partial charge in [0.05, 0.1) is 4.92 Å². The third-order valence-electron chi connectivity index (χ3n) is 3.26. The molecule has 2 amide bonds. The Morgan fingerprint density at radius 1 is 1.33 bits per heavy atom. The van der Waals surface area contributed by atoms with Gasteiger partial charge in [0.2, 0.25) is 0 Å². The molecular formula is C13H17N3O5. The Labute approximate surface area is 121 Å². The van der Waals surface area contributed by atoms with Gasteiger partial charge in [0.15, 0.2) is 0 Å². The number of nitrogens with zero attached hydrogens (tertiary/aromatic N) is 2. The number of non-ortho nitro benzene ring substituents is 1. The first-order chi connectivity index (χ1) is 9.66. The second-order valence-electron chi connectivity index (χ2n) is 5.01. The van der Waals surface area contributed by atoms with E-state index in [9.17, 15) is 19.7 Å². The van der Waals surface area contributed by atoms with Gasteiger partial charge in [-0.1, -0.05) is 12.1 Å². The molecule has 0 bridgehead atoms. The molecule has 0 aromatic heterocycles. The summed E-state index contributed by atoms with van der Waals surface area (Å²) in [6.45, 7) is 2.98. The third kappa shape index (κ3) is 3.91. The van der Waals surface area contributed by atoms with Gasteiger partial charge in [0.25, 0.3) is 5.69 Å². The number of carboxylic acid groups (broad SMARTS) is 1. The summed E-state index contributed by atoms with van der Waals surface area (Å²) >= 11 is 0. The van der Waals surface area contributed by atoms with Crippen LogP contribution in [0.1, 0.15) is 19.4 Å². The summed E-state index contributed by atoms with van der Waals surface area (Å²) in [4.78, 5) is 34.0. The minimum atomic E-state index is -1.33. The van der Waals surface area contributed by atoms with Crippen LogP contribution in [0.15, 0.2) is 24.3 Å². The van der Waals surface area contributed by atoms with E-state index in [1.807, 2.05) is 0 Å². The SMILES string of the molecule is CN(C(=O)NCc1ccc([N+](=O)[O-])cc1)C(C)(C)C(=O)O. The largest absolute Gasteiger partial charge is 0.480 e. The third-order valence-corrected chi connectivity index (χ3v) is 3.26. The second kappa shape index (κ2) is 6.21. The normalized spacial score (nSPS) is 10.8. The van der Waals surface area contributed by atoms with E-state index in [1.54, 1.807) is 0 Å². The molecule has 0 saturated carbocycles. The molecule has 0 aliphatic heterocycles. The van der Waals surface area contributed by atoms with Crippen LogP contribution in [0.5, 0.6) is 0 Å². The molecule has 2 N–H and O–H groups in total. The number of urea groups is 1. The van der Waals surface area contributed by atoms with Crippen molar-refractivity contribution in [3.05, 3.63) is 39.9 Å². The average Bonchev–Trinajstić information content (AvgIpc) is 2.44. The number of hydrogen-bond acceptors (Lipinski definition) is 4. The molecule has 8 heteroatoms. The van der Waals surface area contributed by atoms with Crippen molar-refractivity contribution >= 4 is 17.7 Å². The van der Waals surface area contributed by atoms with Gasteiger partial charge in [-0.25, -0.2) is 9.59 Å². The Hall–Kier alpha value is -2.64. The summed E-state index contributed by atoms with van der Waals surface area (Å²) in [6, 6.07) is 5.20. The van der Waals surface area contributed by atoms with E-state index in [0.717, 1.165) is 4.90 Å². The predicted octanol–water partition coefficient (Wildman–Crippen LogP) is 1.60. The number of carboxylic acids is 1. The zero-order valence-electron chi connectivity index (χ0n) is 12.0. The number of nitro groups is 1. The van der Waals surface area contributed by atoms with Crippen LogP contribution < -0.4 is 5.32 Å². The van der Waals surface area contributed by atoms with Crippen molar-refractivity contribution in [3.8, 4) is 0 Å². The topological polar surface area (TPSA) is 113 Å². The van der Waals surface area contributed by atoms with E-state index in [0.29, 0.717) is 5.56 Å². The van der Waals surface area contributed by atoms with Crippen LogP contribution in [-0.2, 0) is 11.3 Å². The Morgan fingerprint density at radius 3 is 2.29 bits per heavy atom. The number of hydrogen-bond donors (Lipinski definition) is 2. The molecule has 8 nitrogen and oxygen atoms in total. The van der Waals surface area contributed by atoms with Crippen molar-refractivity contribution in [2.24, 2.45) is 0 Å². The van der Waals surface area contributed by atoms with Crippen molar-refractivity contribution < 1.29 is 19.6 Å². The molecule has 0 atom stereocenters. The van der Waals surface area contributed by atoms with Gasteiger partial charge in [-0.15, -0.1) is 0 Å². The number of nitrogens with one attached hydrogen (secondary N) is 1. The maximum absolute atomic E-state index is 11.9. The summed E-state index contributed by atoms with van der Waals surface area (Å²) < 4.78 is 0. The maximum Gasteiger partial charge on any atom is 0.329 e. The van der Waals surface area contributed by atoms with Crippen LogP contribution in [0, 0.1) is 10.1 Å². The molecule has 0 radical (unpaired) electrons. The minimum Gasteiger partial charge on any atom is -0.480 e. The van der Waals surface area contributed by atoms with Gasteiger partial charge >= 0.3 is 12.0 Å². The molecule has 0 heterocycles. The highest BCUT2D eigenvalue weighted by Crippen LogP contribution is 2.14. The second-order valence-corrected chi connectivity index (χ2v) is 5.01. The van der Waals surface area contributed by atoms with Gasteiger partial charge in [0.1, 0.15) is 5.54 Å². The van der Waals surface area contributed by atoms with Crippen LogP contribution in [0.3, 0.4) is 0 Å². The highest BCUT2D eigenvalue weighted by atomic mass is 16.6. The van der Waals surface area contributed by atoms with E-state index in [4.69, 9.17) is 5.11 Å². The van der Waals surface area contributed by atoms with E-state index in [2.05, 4.69) is 5.32 Å². The van der Waals surface area contributed by atoms with Crippen molar-refractivity contribution in [1.29, 1.82) is 0 Å². The number of likely N-dealkylation sites (N-methyl/N-ethyl adjacent to an activating group) is 1. The first-order valence-electron chi connectivity index (χ1n) is 6.14. The Bertz CT molecular complexity index is 553. The molecule has 0 saturated heterocycles. The smallest absolute Gasteiger partial charge is 0.329 e. The van der Waals surface area contributed by atoms with Crippen LogP contribution in [0.2, 0.25) is 0 Å². The van der Waals surface area contributed by atoms with Crippen molar-refractivity contribution in [1.82, 2.24) is 10.2 Å². The summed E-state index contributed by atoms with van der Waals surface area (Å²) in [5, 5.41) is 22.1. The monoisotopic (exact) mass is 295 g/mol. The molecule has 1 aromatic rings. The number of aliphatic carboxylic acids is 1. The first-order valence-corrected chi connectivity index (χ1v) is 6.14. The molecule has 114 valence electrons. The number of benzene rings is 1. The van der Waals surface area contributed by atoms with Gasteiger partial charge in [-0.2, -0.15) is 0 Å². The molecule has 1 rings (SSSR count). The maximum atomic E-state index is 11.9. The summed E-state index contributed by atoms with van der Waals surface area (Å²) in [5.74, 6) is -1.12. The lowest BCUT2D eigenvalue weighted by atomic mass is 10.1. The fraction of sp³-hybridized carbons (Fsp3) is 0.385. The number of nitro benzene ring substituents is 1. The zero-order valence-corrected chi connectivity index (χ0v) is 12.0. The molecule has 1 aromatic carbocycles.